The van der Waals surface area contributed by atoms with Crippen LogP contribution in [0.1, 0.15) is 67.6 Å². The van der Waals surface area contributed by atoms with E-state index in [1.165, 1.54) is 17.5 Å². The lowest BCUT2D eigenvalue weighted by atomic mass is 9.76. The Morgan fingerprint density at radius 3 is 2.26 bits per heavy atom. The van der Waals surface area contributed by atoms with E-state index in [1.807, 2.05) is 0 Å². The Bertz CT molecular complexity index is 645. The van der Waals surface area contributed by atoms with Crippen LogP contribution in [0, 0.1) is 5.95 Å². The Kier molecular flexibility index (Phi) is 5.32. The van der Waals surface area contributed by atoms with Gasteiger partial charge in [0.05, 0.1) is 0 Å². The second kappa shape index (κ2) is 7.44. The molecule has 1 nitrogen and oxygen atoms in total. The van der Waals surface area contributed by atoms with Crippen molar-refractivity contribution >= 4 is 11.6 Å². The molecule has 1 saturated carbocycles. The summed E-state index contributed by atoms with van der Waals surface area (Å²) in [4.78, 5) is 3.75. The Balaban J connectivity index is 1.63. The summed E-state index contributed by atoms with van der Waals surface area (Å²) in [6.45, 7) is 2.21. The standard InChI is InChI=1S/C20H23ClFN/c1-2-3-14-4-6-15(7-5-14)16-8-10-17(11-9-16)18-12-13-19(21)23-20(18)22/h4-7,12-13,16-17H,2-3,8-11H2,1H3/t16-,17-. The molecule has 0 aliphatic heterocycles. The van der Waals surface area contributed by atoms with E-state index in [2.05, 4.69) is 36.2 Å². The summed E-state index contributed by atoms with van der Waals surface area (Å²) in [5.41, 5.74) is 3.57. The predicted octanol–water partition coefficient (Wildman–Crippen LogP) is 6.27. The van der Waals surface area contributed by atoms with Gasteiger partial charge in [-0.3, -0.25) is 0 Å². The zero-order chi connectivity index (χ0) is 16.2. The van der Waals surface area contributed by atoms with Crippen LogP contribution in [0.25, 0.3) is 0 Å². The second-order valence-electron chi connectivity index (χ2n) is 6.55. The summed E-state index contributed by atoms with van der Waals surface area (Å²) >= 11 is 5.74. The molecule has 0 bridgehead atoms. The van der Waals surface area contributed by atoms with E-state index < -0.39 is 5.95 Å². The molecule has 1 aromatic heterocycles. The van der Waals surface area contributed by atoms with Gasteiger partial charge in [0, 0.05) is 5.56 Å². The number of hydrogen-bond donors (Lipinski definition) is 0. The van der Waals surface area contributed by atoms with Crippen LogP contribution in [-0.2, 0) is 6.42 Å². The van der Waals surface area contributed by atoms with E-state index in [9.17, 15) is 4.39 Å². The van der Waals surface area contributed by atoms with Crippen LogP contribution in [0.4, 0.5) is 4.39 Å². The van der Waals surface area contributed by atoms with E-state index >= 15 is 0 Å². The quantitative estimate of drug-likeness (QED) is 0.602. The lowest BCUT2D eigenvalue weighted by Crippen LogP contribution is -2.13. The van der Waals surface area contributed by atoms with Crippen molar-refractivity contribution in [3.05, 3.63) is 64.2 Å². The molecule has 1 aromatic carbocycles. The topological polar surface area (TPSA) is 12.9 Å². The summed E-state index contributed by atoms with van der Waals surface area (Å²) in [6, 6.07) is 12.6. The fourth-order valence-corrected chi connectivity index (χ4v) is 3.85. The summed E-state index contributed by atoms with van der Waals surface area (Å²) in [5, 5.41) is 0.229. The molecule has 0 saturated heterocycles. The number of pyridine rings is 1. The van der Waals surface area contributed by atoms with E-state index in [4.69, 9.17) is 11.6 Å². The lowest BCUT2D eigenvalue weighted by Gasteiger charge is -2.29. The van der Waals surface area contributed by atoms with Gasteiger partial charge in [-0.25, -0.2) is 4.98 Å². The van der Waals surface area contributed by atoms with E-state index in [0.29, 0.717) is 5.92 Å². The smallest absolute Gasteiger partial charge is 0.208 e. The first-order valence-electron chi connectivity index (χ1n) is 8.58. The number of rotatable bonds is 4. The average Bonchev–Trinajstić information content (AvgIpc) is 2.56. The molecule has 0 unspecified atom stereocenters. The largest absolute Gasteiger partial charge is 0.217 e. The highest BCUT2D eigenvalue weighted by Gasteiger charge is 2.25. The molecular weight excluding hydrogens is 309 g/mol. The second-order valence-corrected chi connectivity index (χ2v) is 6.94. The van der Waals surface area contributed by atoms with Crippen molar-refractivity contribution < 1.29 is 4.39 Å². The van der Waals surface area contributed by atoms with Crippen molar-refractivity contribution in [3.8, 4) is 0 Å². The summed E-state index contributed by atoms with van der Waals surface area (Å²) in [6.07, 6.45) is 6.59. The third-order valence-corrected chi connectivity index (χ3v) is 5.21. The number of aryl methyl sites for hydroxylation is 1. The molecule has 0 N–H and O–H groups in total. The molecular formula is C20H23ClFN. The lowest BCUT2D eigenvalue weighted by molar-refractivity contribution is 0.384. The van der Waals surface area contributed by atoms with Crippen LogP contribution in [0.3, 0.4) is 0 Å². The number of halogens is 2. The molecule has 0 spiro atoms. The van der Waals surface area contributed by atoms with Gasteiger partial charge >= 0.3 is 0 Å². The Hall–Kier alpha value is -1.41. The summed E-state index contributed by atoms with van der Waals surface area (Å²) < 4.78 is 14.0. The fourth-order valence-electron chi connectivity index (χ4n) is 3.71. The van der Waals surface area contributed by atoms with Crippen molar-refractivity contribution in [2.24, 2.45) is 0 Å². The molecule has 0 radical (unpaired) electrons. The van der Waals surface area contributed by atoms with Crippen molar-refractivity contribution in [3.63, 3.8) is 0 Å². The maximum absolute atomic E-state index is 14.0. The van der Waals surface area contributed by atoms with Crippen molar-refractivity contribution in [2.45, 2.75) is 57.3 Å². The third kappa shape index (κ3) is 3.92. The molecule has 0 amide bonds. The minimum Gasteiger partial charge on any atom is -0.208 e. The van der Waals surface area contributed by atoms with Crippen molar-refractivity contribution in [2.75, 3.05) is 0 Å². The van der Waals surface area contributed by atoms with Crippen LogP contribution >= 0.6 is 11.6 Å². The molecule has 0 atom stereocenters. The Labute approximate surface area is 142 Å². The van der Waals surface area contributed by atoms with Crippen LogP contribution in [-0.4, -0.2) is 4.98 Å². The maximum Gasteiger partial charge on any atom is 0.217 e. The molecule has 1 fully saturated rings. The number of aromatic nitrogens is 1. The van der Waals surface area contributed by atoms with Crippen molar-refractivity contribution in [1.82, 2.24) is 4.98 Å². The monoisotopic (exact) mass is 331 g/mol. The zero-order valence-electron chi connectivity index (χ0n) is 13.6. The first-order valence-corrected chi connectivity index (χ1v) is 8.96. The molecule has 3 rings (SSSR count). The van der Waals surface area contributed by atoms with Crippen LogP contribution in [0.2, 0.25) is 5.15 Å². The fraction of sp³-hybridized carbons (Fsp3) is 0.450. The molecule has 2 aromatic rings. The molecule has 23 heavy (non-hydrogen) atoms. The van der Waals surface area contributed by atoms with Gasteiger partial charge in [0.25, 0.3) is 0 Å². The van der Waals surface area contributed by atoms with Gasteiger partial charge in [0.1, 0.15) is 5.15 Å². The van der Waals surface area contributed by atoms with Gasteiger partial charge in [-0.05, 0) is 61.1 Å². The summed E-state index contributed by atoms with van der Waals surface area (Å²) in [7, 11) is 0. The minimum absolute atomic E-state index is 0.229. The van der Waals surface area contributed by atoms with Crippen LogP contribution in [0.15, 0.2) is 36.4 Å². The van der Waals surface area contributed by atoms with Gasteiger partial charge in [-0.2, -0.15) is 4.39 Å². The zero-order valence-corrected chi connectivity index (χ0v) is 14.3. The Morgan fingerprint density at radius 1 is 1.00 bits per heavy atom. The molecule has 1 heterocycles. The highest BCUT2D eigenvalue weighted by molar-refractivity contribution is 6.29. The number of benzene rings is 1. The number of nitrogens with zero attached hydrogens (tertiary/aromatic N) is 1. The highest BCUT2D eigenvalue weighted by Crippen LogP contribution is 2.41. The van der Waals surface area contributed by atoms with E-state index in [-0.39, 0.29) is 11.1 Å². The first-order chi connectivity index (χ1) is 11.2. The normalized spacial score (nSPS) is 21.3. The first kappa shape index (κ1) is 16.4. The van der Waals surface area contributed by atoms with E-state index in [0.717, 1.165) is 37.7 Å². The third-order valence-electron chi connectivity index (χ3n) is 5.00. The van der Waals surface area contributed by atoms with Crippen molar-refractivity contribution in [1.29, 1.82) is 0 Å². The predicted molar refractivity (Wildman–Crippen MR) is 93.6 cm³/mol. The Morgan fingerprint density at radius 2 is 1.65 bits per heavy atom. The van der Waals surface area contributed by atoms with Crippen LogP contribution in [0.5, 0.6) is 0 Å². The highest BCUT2D eigenvalue weighted by atomic mass is 35.5. The van der Waals surface area contributed by atoms with Gasteiger partial charge in [-0.1, -0.05) is 55.3 Å². The van der Waals surface area contributed by atoms with Gasteiger partial charge in [0.2, 0.25) is 5.95 Å². The number of hydrogen-bond acceptors (Lipinski definition) is 1. The van der Waals surface area contributed by atoms with Gasteiger partial charge < -0.3 is 0 Å². The van der Waals surface area contributed by atoms with Gasteiger partial charge in [0.15, 0.2) is 0 Å². The average molecular weight is 332 g/mol. The minimum atomic E-state index is -0.398. The maximum atomic E-state index is 14.0. The molecule has 1 aliphatic rings. The molecule has 1 aliphatic carbocycles. The van der Waals surface area contributed by atoms with Gasteiger partial charge in [-0.15, -0.1) is 0 Å². The molecule has 3 heteroatoms. The molecule has 122 valence electrons. The van der Waals surface area contributed by atoms with E-state index in [1.54, 1.807) is 12.1 Å². The SMILES string of the molecule is CCCc1ccc([C@H]2CC[C@H](c3ccc(Cl)nc3F)CC2)cc1. The van der Waals surface area contributed by atoms with Crippen LogP contribution < -0.4 is 0 Å². The summed E-state index contributed by atoms with van der Waals surface area (Å²) in [5.74, 6) is 0.477.